The highest BCUT2D eigenvalue weighted by molar-refractivity contribution is 7.91. The molecule has 32 heavy (non-hydrogen) atoms. The van der Waals surface area contributed by atoms with Crippen LogP contribution in [-0.4, -0.2) is 53.4 Å². The number of hydrogen-bond donors (Lipinski definition) is 3. The fourth-order valence-corrected chi connectivity index (χ4v) is 11.3. The summed E-state index contributed by atoms with van der Waals surface area (Å²) in [5, 5.41) is 30.4. The highest BCUT2D eigenvalue weighted by Crippen LogP contribution is 2.69. The Labute approximate surface area is 193 Å². The van der Waals surface area contributed by atoms with Crippen molar-refractivity contribution in [2.45, 2.75) is 96.0 Å². The monoisotopic (exact) mass is 470 g/mol. The third kappa shape index (κ3) is 3.74. The van der Waals surface area contributed by atoms with Gasteiger partial charge < -0.3 is 15.3 Å². The maximum absolute atomic E-state index is 12.9. The van der Waals surface area contributed by atoms with Crippen molar-refractivity contribution in [1.29, 1.82) is 0 Å². The van der Waals surface area contributed by atoms with Crippen LogP contribution in [0.2, 0.25) is 0 Å². The number of carboxylic acids is 1. The van der Waals surface area contributed by atoms with Gasteiger partial charge in [0, 0.05) is 12.7 Å². The number of aliphatic hydroxyl groups excluding tert-OH is 2. The molecule has 0 saturated heterocycles. The van der Waals surface area contributed by atoms with Gasteiger partial charge in [-0.25, -0.2) is 8.42 Å². The summed E-state index contributed by atoms with van der Waals surface area (Å²) in [6, 6.07) is 0. The molecule has 0 heterocycles. The van der Waals surface area contributed by atoms with Gasteiger partial charge in [-0.05, 0) is 97.7 Å². The van der Waals surface area contributed by atoms with E-state index in [1.54, 1.807) is 0 Å². The summed E-state index contributed by atoms with van der Waals surface area (Å²) < 4.78 is 25.8. The minimum absolute atomic E-state index is 0.0262. The van der Waals surface area contributed by atoms with Crippen molar-refractivity contribution < 1.29 is 28.5 Å². The van der Waals surface area contributed by atoms with E-state index in [2.05, 4.69) is 20.8 Å². The Kier molecular flexibility index (Phi) is 6.29. The van der Waals surface area contributed by atoms with Crippen molar-refractivity contribution in [2.75, 3.05) is 6.26 Å². The number of carbonyl (C=O) groups is 1. The first-order chi connectivity index (χ1) is 14.8. The van der Waals surface area contributed by atoms with Gasteiger partial charge in [-0.3, -0.25) is 4.79 Å². The van der Waals surface area contributed by atoms with Crippen LogP contribution in [0.1, 0.15) is 78.6 Å². The SMILES string of the molecule is C[C@H](CCC(=O)O)[C@H]1CC[C@H]2[C@@H]3[C@H](O)CC4C[C@H](O)CC(S(C)(=O)=O)[C@]4(C)[C@H]3CC[C@]12C. The van der Waals surface area contributed by atoms with Crippen LogP contribution in [-0.2, 0) is 14.6 Å². The number of sulfone groups is 1. The van der Waals surface area contributed by atoms with Crippen LogP contribution >= 0.6 is 0 Å². The Balaban J connectivity index is 1.65. The Bertz CT molecular complexity index is 841. The van der Waals surface area contributed by atoms with Gasteiger partial charge in [0.25, 0.3) is 0 Å². The lowest BCUT2D eigenvalue weighted by atomic mass is 9.43. The van der Waals surface area contributed by atoms with Crippen LogP contribution in [0.15, 0.2) is 0 Å². The van der Waals surface area contributed by atoms with E-state index >= 15 is 0 Å². The first-order valence-electron chi connectivity index (χ1n) is 12.6. The Hall–Kier alpha value is -0.660. The fraction of sp³-hybridized carbons (Fsp3) is 0.960. The summed E-state index contributed by atoms with van der Waals surface area (Å²) in [4.78, 5) is 11.1. The summed E-state index contributed by atoms with van der Waals surface area (Å²) in [5.74, 6) is 0.644. The van der Waals surface area contributed by atoms with E-state index in [1.165, 1.54) is 6.26 Å². The van der Waals surface area contributed by atoms with Gasteiger partial charge in [-0.15, -0.1) is 0 Å². The largest absolute Gasteiger partial charge is 0.481 e. The molecule has 0 aliphatic heterocycles. The van der Waals surface area contributed by atoms with Crippen LogP contribution in [0.4, 0.5) is 0 Å². The first-order valence-corrected chi connectivity index (χ1v) is 14.5. The molecule has 0 amide bonds. The number of aliphatic carboxylic acids is 1. The van der Waals surface area contributed by atoms with Gasteiger partial charge >= 0.3 is 5.97 Å². The Morgan fingerprint density at radius 2 is 1.75 bits per heavy atom. The van der Waals surface area contributed by atoms with E-state index in [1.807, 2.05) is 0 Å². The number of aliphatic hydroxyl groups is 2. The average molecular weight is 471 g/mol. The van der Waals surface area contributed by atoms with Crippen LogP contribution in [0, 0.1) is 46.3 Å². The van der Waals surface area contributed by atoms with E-state index in [0.717, 1.165) is 25.7 Å². The molecule has 4 saturated carbocycles. The molecule has 11 atom stereocenters. The smallest absolute Gasteiger partial charge is 0.303 e. The molecule has 4 rings (SSSR count). The topological polar surface area (TPSA) is 112 Å². The molecule has 0 radical (unpaired) electrons. The molecule has 0 aromatic carbocycles. The van der Waals surface area contributed by atoms with Crippen molar-refractivity contribution >= 4 is 15.8 Å². The summed E-state index contributed by atoms with van der Waals surface area (Å²) in [6.07, 6.45) is 6.61. The maximum Gasteiger partial charge on any atom is 0.303 e. The van der Waals surface area contributed by atoms with Gasteiger partial charge in [0.1, 0.15) is 0 Å². The lowest BCUT2D eigenvalue weighted by Crippen LogP contribution is -2.64. The molecule has 0 bridgehead atoms. The van der Waals surface area contributed by atoms with E-state index in [-0.39, 0.29) is 29.6 Å². The second-order valence-electron chi connectivity index (χ2n) is 12.2. The normalized spacial score (nSPS) is 49.6. The molecule has 4 aliphatic rings. The minimum Gasteiger partial charge on any atom is -0.481 e. The predicted molar refractivity (Wildman–Crippen MR) is 123 cm³/mol. The molecule has 4 fully saturated rings. The second kappa shape index (κ2) is 8.23. The molecule has 3 N–H and O–H groups in total. The van der Waals surface area contributed by atoms with Crippen molar-refractivity contribution in [3.63, 3.8) is 0 Å². The zero-order chi connectivity index (χ0) is 23.6. The molecule has 0 aromatic rings. The molecule has 184 valence electrons. The van der Waals surface area contributed by atoms with Crippen molar-refractivity contribution in [1.82, 2.24) is 0 Å². The quantitative estimate of drug-likeness (QED) is 0.567. The van der Waals surface area contributed by atoms with E-state index in [4.69, 9.17) is 5.11 Å². The van der Waals surface area contributed by atoms with Crippen LogP contribution in [0.25, 0.3) is 0 Å². The van der Waals surface area contributed by atoms with Gasteiger partial charge in [0.05, 0.1) is 17.5 Å². The highest BCUT2D eigenvalue weighted by atomic mass is 32.2. The Morgan fingerprint density at radius 1 is 1.06 bits per heavy atom. The summed E-state index contributed by atoms with van der Waals surface area (Å²) in [5.41, 5.74) is -0.344. The van der Waals surface area contributed by atoms with Crippen LogP contribution in [0.3, 0.4) is 0 Å². The molecular formula is C25H42O6S. The Morgan fingerprint density at radius 3 is 2.38 bits per heavy atom. The highest BCUT2D eigenvalue weighted by Gasteiger charge is 2.66. The standard InChI is InChI=1S/C25H42O6S/c1-14(5-8-22(28)29)17-6-7-18-23-19(9-10-24(17,18)2)25(3)15(12-20(23)27)11-16(26)13-21(25)32(4,30)31/h14-21,23,26-27H,5-13H2,1-4H3,(H,28,29)/t14-,15?,16+,17-,18+,19+,20-,21?,23+,24-,25+/m1/s1. The fourth-order valence-electron chi connectivity index (χ4n) is 9.40. The van der Waals surface area contributed by atoms with Crippen molar-refractivity contribution in [2.24, 2.45) is 46.3 Å². The first kappa shape index (κ1) is 24.5. The van der Waals surface area contributed by atoms with E-state index < -0.39 is 38.7 Å². The zero-order valence-corrected chi connectivity index (χ0v) is 20.9. The molecular weight excluding hydrogens is 428 g/mol. The van der Waals surface area contributed by atoms with E-state index in [0.29, 0.717) is 43.4 Å². The predicted octanol–water partition coefficient (Wildman–Crippen LogP) is 3.50. The molecule has 0 spiro atoms. The molecule has 2 unspecified atom stereocenters. The lowest BCUT2D eigenvalue weighted by Gasteiger charge is -2.64. The summed E-state index contributed by atoms with van der Waals surface area (Å²) in [7, 11) is -3.33. The minimum atomic E-state index is -3.33. The van der Waals surface area contributed by atoms with Crippen LogP contribution < -0.4 is 0 Å². The number of carboxylic acid groups (broad SMARTS) is 1. The third-order valence-electron chi connectivity index (χ3n) is 10.8. The van der Waals surface area contributed by atoms with Gasteiger partial charge in [-0.1, -0.05) is 20.8 Å². The number of rotatable bonds is 5. The van der Waals surface area contributed by atoms with Gasteiger partial charge in [0.15, 0.2) is 9.84 Å². The van der Waals surface area contributed by atoms with Gasteiger partial charge in [0.2, 0.25) is 0 Å². The molecule has 7 heteroatoms. The third-order valence-corrected chi connectivity index (χ3v) is 12.5. The molecule has 4 aliphatic carbocycles. The average Bonchev–Trinajstić information content (AvgIpc) is 3.03. The number of fused-ring (bicyclic) bond motifs is 5. The summed E-state index contributed by atoms with van der Waals surface area (Å²) in [6.45, 7) is 6.68. The molecule has 0 aromatic heterocycles. The van der Waals surface area contributed by atoms with Crippen LogP contribution in [0.5, 0.6) is 0 Å². The van der Waals surface area contributed by atoms with Gasteiger partial charge in [-0.2, -0.15) is 0 Å². The maximum atomic E-state index is 12.9. The van der Waals surface area contributed by atoms with Crippen molar-refractivity contribution in [3.8, 4) is 0 Å². The zero-order valence-electron chi connectivity index (χ0n) is 20.0. The number of hydrogen-bond acceptors (Lipinski definition) is 5. The lowest BCUT2D eigenvalue weighted by molar-refractivity contribution is -0.172. The second-order valence-corrected chi connectivity index (χ2v) is 14.5. The van der Waals surface area contributed by atoms with Crippen molar-refractivity contribution in [3.05, 3.63) is 0 Å². The van der Waals surface area contributed by atoms with E-state index in [9.17, 15) is 23.4 Å². The summed E-state index contributed by atoms with van der Waals surface area (Å²) >= 11 is 0. The molecule has 6 nitrogen and oxygen atoms in total.